The van der Waals surface area contributed by atoms with Crippen LogP contribution in [0.4, 0.5) is 0 Å². The third kappa shape index (κ3) is 14.8. The van der Waals surface area contributed by atoms with Gasteiger partial charge in [0.25, 0.3) is 0 Å². The fourth-order valence-electron chi connectivity index (χ4n) is 4.58. The van der Waals surface area contributed by atoms with Crippen LogP contribution in [0.2, 0.25) is 0 Å². The molecular weight excluding hydrogens is 495 g/mol. The molecular formula is C32H49O5P. The molecule has 0 radical (unpaired) electrons. The standard InChI is InChI=1S/C32H49O5P/c1-2-3-4-5-6-9-12-18-26-36-30-24-21-25-31(32(30)29-22-16-15-17-23-29)37-27-19-13-10-7-8-11-14-20-28-38(33,34)35/h2,15-17,21-25H,1,3-14,18-20,26-28H2,(H2,33,34,35). The average molecular weight is 545 g/mol. The Balaban J connectivity index is 1.73. The van der Waals surface area contributed by atoms with E-state index in [4.69, 9.17) is 19.3 Å². The highest BCUT2D eigenvalue weighted by Gasteiger charge is 2.14. The lowest BCUT2D eigenvalue weighted by Gasteiger charge is -2.17. The van der Waals surface area contributed by atoms with E-state index in [1.165, 1.54) is 32.1 Å². The summed E-state index contributed by atoms with van der Waals surface area (Å²) in [6, 6.07) is 16.4. The minimum Gasteiger partial charge on any atom is -0.493 e. The molecule has 0 atom stereocenters. The van der Waals surface area contributed by atoms with Crippen LogP contribution in [-0.4, -0.2) is 29.2 Å². The Labute approximate surface area is 230 Å². The molecule has 6 heteroatoms. The summed E-state index contributed by atoms with van der Waals surface area (Å²) in [5, 5.41) is 0. The van der Waals surface area contributed by atoms with Gasteiger partial charge in [0.15, 0.2) is 0 Å². The molecule has 212 valence electrons. The molecule has 5 nitrogen and oxygen atoms in total. The van der Waals surface area contributed by atoms with Crippen molar-refractivity contribution in [2.45, 2.75) is 96.3 Å². The van der Waals surface area contributed by atoms with E-state index in [-0.39, 0.29) is 6.16 Å². The molecule has 0 fully saturated rings. The van der Waals surface area contributed by atoms with E-state index in [0.29, 0.717) is 13.0 Å². The molecule has 2 N–H and O–H groups in total. The zero-order valence-corrected chi connectivity index (χ0v) is 24.1. The molecule has 38 heavy (non-hydrogen) atoms. The molecule has 0 heterocycles. The van der Waals surface area contributed by atoms with Gasteiger partial charge >= 0.3 is 7.60 Å². The van der Waals surface area contributed by atoms with Crippen molar-refractivity contribution in [2.24, 2.45) is 0 Å². The maximum Gasteiger partial charge on any atom is 0.325 e. The first-order chi connectivity index (χ1) is 18.5. The van der Waals surface area contributed by atoms with Crippen LogP contribution >= 0.6 is 7.60 Å². The van der Waals surface area contributed by atoms with Crippen LogP contribution in [0.3, 0.4) is 0 Å². The van der Waals surface area contributed by atoms with Gasteiger partial charge in [-0.15, -0.1) is 6.58 Å². The Morgan fingerprint density at radius 1 is 0.632 bits per heavy atom. The molecule has 0 unspecified atom stereocenters. The highest BCUT2D eigenvalue weighted by Crippen LogP contribution is 2.39. The number of allylic oxidation sites excluding steroid dienone is 1. The SMILES string of the molecule is C=CCCCCCCCCOc1cccc(OCCCCCCCCCCP(=O)(O)O)c1-c1ccccc1. The van der Waals surface area contributed by atoms with Crippen molar-refractivity contribution in [3.8, 4) is 22.6 Å². The van der Waals surface area contributed by atoms with E-state index in [9.17, 15) is 4.57 Å². The normalized spacial score (nSPS) is 11.4. The molecule has 0 amide bonds. The minimum atomic E-state index is -3.83. The maximum absolute atomic E-state index is 10.9. The Morgan fingerprint density at radius 2 is 1.11 bits per heavy atom. The highest BCUT2D eigenvalue weighted by molar-refractivity contribution is 7.51. The first kappa shape index (κ1) is 32.1. The van der Waals surface area contributed by atoms with Gasteiger partial charge in [-0.3, -0.25) is 4.57 Å². The predicted molar refractivity (Wildman–Crippen MR) is 159 cm³/mol. The molecule has 0 saturated heterocycles. The number of hydrogen-bond donors (Lipinski definition) is 2. The molecule has 0 aliphatic heterocycles. The Morgan fingerprint density at radius 3 is 1.61 bits per heavy atom. The van der Waals surface area contributed by atoms with Gasteiger partial charge in [-0.05, 0) is 49.8 Å². The van der Waals surface area contributed by atoms with E-state index >= 15 is 0 Å². The van der Waals surface area contributed by atoms with Crippen LogP contribution in [0.15, 0.2) is 61.2 Å². The molecule has 0 saturated carbocycles. The fraction of sp³-hybridized carbons (Fsp3) is 0.562. The second kappa shape index (κ2) is 19.9. The summed E-state index contributed by atoms with van der Waals surface area (Å²) in [5.74, 6) is 1.76. The van der Waals surface area contributed by atoms with Crippen molar-refractivity contribution >= 4 is 7.60 Å². The van der Waals surface area contributed by atoms with Crippen molar-refractivity contribution < 1.29 is 23.8 Å². The Hall–Kier alpha value is -2.07. The number of benzene rings is 2. The third-order valence-electron chi connectivity index (χ3n) is 6.71. The first-order valence-corrected chi connectivity index (χ1v) is 16.4. The van der Waals surface area contributed by atoms with E-state index in [0.717, 1.165) is 87.0 Å². The number of unbranched alkanes of at least 4 members (excludes halogenated alkanes) is 13. The molecule has 0 aliphatic carbocycles. The summed E-state index contributed by atoms with van der Waals surface area (Å²) < 4.78 is 23.4. The third-order valence-corrected chi connectivity index (χ3v) is 7.61. The number of ether oxygens (including phenoxy) is 2. The van der Waals surface area contributed by atoms with Gasteiger partial charge in [0, 0.05) is 6.16 Å². The number of rotatable bonds is 23. The van der Waals surface area contributed by atoms with Gasteiger partial charge < -0.3 is 19.3 Å². The van der Waals surface area contributed by atoms with Crippen molar-refractivity contribution in [3.05, 3.63) is 61.2 Å². The highest BCUT2D eigenvalue weighted by atomic mass is 31.2. The zero-order chi connectivity index (χ0) is 27.3. The van der Waals surface area contributed by atoms with Crippen molar-refractivity contribution in [3.63, 3.8) is 0 Å². The molecule has 2 aromatic carbocycles. The topological polar surface area (TPSA) is 76.0 Å². The van der Waals surface area contributed by atoms with Gasteiger partial charge in [0.2, 0.25) is 0 Å². The average Bonchev–Trinajstić information content (AvgIpc) is 2.90. The Kier molecular flexibility index (Phi) is 16.9. The summed E-state index contributed by atoms with van der Waals surface area (Å²) in [6.07, 6.45) is 18.6. The van der Waals surface area contributed by atoms with Crippen molar-refractivity contribution in [1.82, 2.24) is 0 Å². The van der Waals surface area contributed by atoms with Crippen LogP contribution in [0, 0.1) is 0 Å². The Bertz CT molecular complexity index is 925. The van der Waals surface area contributed by atoms with Gasteiger partial charge in [0.1, 0.15) is 11.5 Å². The smallest absolute Gasteiger partial charge is 0.325 e. The summed E-state index contributed by atoms with van der Waals surface area (Å²) >= 11 is 0. The summed E-state index contributed by atoms with van der Waals surface area (Å²) in [6.45, 7) is 5.18. The lowest BCUT2D eigenvalue weighted by molar-refractivity contribution is 0.292. The second-order valence-corrected chi connectivity index (χ2v) is 11.9. The summed E-state index contributed by atoms with van der Waals surface area (Å²) in [5.41, 5.74) is 2.15. The zero-order valence-electron chi connectivity index (χ0n) is 23.2. The molecule has 2 rings (SSSR count). The summed E-state index contributed by atoms with van der Waals surface area (Å²) in [4.78, 5) is 17.8. The van der Waals surface area contributed by atoms with Gasteiger partial charge in [-0.1, -0.05) is 107 Å². The maximum atomic E-state index is 10.9. The number of hydrogen-bond acceptors (Lipinski definition) is 3. The van der Waals surface area contributed by atoms with Crippen molar-refractivity contribution in [2.75, 3.05) is 19.4 Å². The first-order valence-electron chi connectivity index (χ1n) is 14.6. The molecule has 2 aromatic rings. The molecule has 0 bridgehead atoms. The quantitative estimate of drug-likeness (QED) is 0.0828. The van der Waals surface area contributed by atoms with Crippen LogP contribution in [0.1, 0.15) is 96.3 Å². The van der Waals surface area contributed by atoms with E-state index < -0.39 is 7.60 Å². The molecule has 0 aliphatic rings. The fourth-order valence-corrected chi connectivity index (χ4v) is 5.22. The molecule has 0 spiro atoms. The molecule has 0 aromatic heterocycles. The predicted octanol–water partition coefficient (Wildman–Crippen LogP) is 9.33. The summed E-state index contributed by atoms with van der Waals surface area (Å²) in [7, 11) is -3.83. The van der Waals surface area contributed by atoms with Crippen molar-refractivity contribution in [1.29, 1.82) is 0 Å². The van der Waals surface area contributed by atoms with E-state index in [2.05, 4.69) is 30.8 Å². The van der Waals surface area contributed by atoms with Crippen LogP contribution in [0.25, 0.3) is 11.1 Å². The van der Waals surface area contributed by atoms with Gasteiger partial charge in [-0.2, -0.15) is 0 Å². The second-order valence-electron chi connectivity index (χ2n) is 10.1. The van der Waals surface area contributed by atoms with Crippen LogP contribution in [-0.2, 0) is 4.57 Å². The monoisotopic (exact) mass is 544 g/mol. The largest absolute Gasteiger partial charge is 0.493 e. The van der Waals surface area contributed by atoms with E-state index in [1.54, 1.807) is 0 Å². The lowest BCUT2D eigenvalue weighted by Crippen LogP contribution is -2.03. The lowest BCUT2D eigenvalue weighted by atomic mass is 10.0. The van der Waals surface area contributed by atoms with Gasteiger partial charge in [-0.25, -0.2) is 0 Å². The van der Waals surface area contributed by atoms with Crippen LogP contribution < -0.4 is 9.47 Å². The van der Waals surface area contributed by atoms with Gasteiger partial charge in [0.05, 0.1) is 18.8 Å². The minimum absolute atomic E-state index is 0.0122. The van der Waals surface area contributed by atoms with E-state index in [1.807, 2.05) is 30.3 Å². The van der Waals surface area contributed by atoms with Crippen LogP contribution in [0.5, 0.6) is 11.5 Å².